The third kappa shape index (κ3) is 4.71. The molecule has 51 heavy (non-hydrogen) atoms. The number of hydrogen-bond acceptors (Lipinski definition) is 8. The van der Waals surface area contributed by atoms with Gasteiger partial charge in [0.15, 0.2) is 5.82 Å². The van der Waals surface area contributed by atoms with E-state index in [-0.39, 0.29) is 29.2 Å². The summed E-state index contributed by atoms with van der Waals surface area (Å²) in [7, 11) is 0. The van der Waals surface area contributed by atoms with Crippen molar-refractivity contribution in [2.75, 3.05) is 5.43 Å². The first-order chi connectivity index (χ1) is 24.2. The molecule has 15 heteroatoms. The first-order valence-corrected chi connectivity index (χ1v) is 16.6. The molecule has 1 aromatic heterocycles. The highest BCUT2D eigenvalue weighted by atomic mass is 35.5. The standard InChI is InChI=1S/C36H25Cl2F3N4O6/c37-19-8-6-17(7-9-19)35-24(32(48)44(34(35)50)43-30-25(38)13-18(15-42-30)36(39,40)41)14-23-21(10-11-22-27(23)33(49)45(51)31(22)47)29(35)28-20-4-2-1-3-16(20)5-12-26(28)46/h1-10,12-13,15,22-24,27,29,46,51H,11,14H2,(H,42,43). The number of benzene rings is 3. The number of rotatable bonds is 4. The van der Waals surface area contributed by atoms with E-state index in [2.05, 4.69) is 10.4 Å². The number of alkyl halides is 3. The maximum absolute atomic E-state index is 15.3. The lowest BCUT2D eigenvalue weighted by molar-refractivity contribution is -0.173. The molecule has 0 bridgehead atoms. The van der Waals surface area contributed by atoms with Crippen LogP contribution in [0.2, 0.25) is 10.0 Å². The van der Waals surface area contributed by atoms with Crippen molar-refractivity contribution in [2.45, 2.75) is 30.4 Å². The summed E-state index contributed by atoms with van der Waals surface area (Å²) in [5.74, 6) is -9.08. The second-order valence-electron chi connectivity index (χ2n) is 13.1. The predicted octanol–water partition coefficient (Wildman–Crippen LogP) is 6.64. The Kier molecular flexibility index (Phi) is 7.50. The molecule has 3 N–H and O–H groups in total. The number of phenolic OH excluding ortho intramolecular Hbond substituents is 1. The lowest BCUT2D eigenvalue weighted by atomic mass is 9.48. The topological polar surface area (TPSA) is 140 Å². The lowest BCUT2D eigenvalue weighted by Gasteiger charge is -2.50. The van der Waals surface area contributed by atoms with E-state index in [9.17, 15) is 37.9 Å². The number of hydrogen-bond donors (Lipinski definition) is 3. The molecule has 3 fully saturated rings. The summed E-state index contributed by atoms with van der Waals surface area (Å²) in [5, 5.41) is 24.0. The largest absolute Gasteiger partial charge is 0.508 e. The zero-order chi connectivity index (χ0) is 36.1. The molecule has 10 nitrogen and oxygen atoms in total. The summed E-state index contributed by atoms with van der Waals surface area (Å²) in [4.78, 5) is 60.2. The number of halogens is 5. The molecule has 8 rings (SSSR count). The number of carbonyl (C=O) groups excluding carboxylic acids is 4. The van der Waals surface area contributed by atoms with Gasteiger partial charge in [0.05, 0.1) is 33.8 Å². The molecule has 3 aromatic carbocycles. The Labute approximate surface area is 297 Å². The molecule has 2 saturated heterocycles. The van der Waals surface area contributed by atoms with E-state index in [0.717, 1.165) is 0 Å². The summed E-state index contributed by atoms with van der Waals surface area (Å²) >= 11 is 12.5. The van der Waals surface area contributed by atoms with Crippen molar-refractivity contribution in [1.82, 2.24) is 15.1 Å². The molecule has 6 unspecified atom stereocenters. The zero-order valence-corrected chi connectivity index (χ0v) is 27.6. The smallest absolute Gasteiger partial charge is 0.417 e. The van der Waals surface area contributed by atoms with E-state index in [0.29, 0.717) is 44.2 Å². The van der Waals surface area contributed by atoms with E-state index in [1.807, 2.05) is 6.07 Å². The van der Waals surface area contributed by atoms with Crippen molar-refractivity contribution < 1.29 is 42.7 Å². The number of nitrogens with zero attached hydrogens (tertiary/aromatic N) is 3. The van der Waals surface area contributed by atoms with Crippen molar-refractivity contribution >= 4 is 63.4 Å². The summed E-state index contributed by atoms with van der Waals surface area (Å²) in [5.41, 5.74) is 0.722. The van der Waals surface area contributed by atoms with Gasteiger partial charge < -0.3 is 5.11 Å². The Morgan fingerprint density at radius 1 is 0.922 bits per heavy atom. The highest BCUT2D eigenvalue weighted by Gasteiger charge is 2.71. The van der Waals surface area contributed by atoms with E-state index in [1.54, 1.807) is 54.6 Å². The highest BCUT2D eigenvalue weighted by molar-refractivity contribution is 6.33. The summed E-state index contributed by atoms with van der Waals surface area (Å²) < 4.78 is 40.3. The first-order valence-electron chi connectivity index (χ1n) is 15.9. The quantitative estimate of drug-likeness (QED) is 0.120. The Morgan fingerprint density at radius 2 is 1.65 bits per heavy atom. The maximum Gasteiger partial charge on any atom is 0.417 e. The molecule has 4 amide bonds. The molecule has 0 spiro atoms. The second kappa shape index (κ2) is 11.5. The van der Waals surface area contributed by atoms with Gasteiger partial charge in [0.25, 0.3) is 23.6 Å². The maximum atomic E-state index is 15.3. The van der Waals surface area contributed by atoms with Crippen LogP contribution in [-0.4, -0.2) is 49.0 Å². The molecule has 4 aromatic rings. The minimum atomic E-state index is -4.76. The van der Waals surface area contributed by atoms with Crippen LogP contribution in [-0.2, 0) is 30.8 Å². The van der Waals surface area contributed by atoms with Crippen molar-refractivity contribution in [1.29, 1.82) is 0 Å². The lowest BCUT2D eigenvalue weighted by Crippen LogP contribution is -2.53. The van der Waals surface area contributed by atoms with Gasteiger partial charge in [-0.2, -0.15) is 23.2 Å². The average Bonchev–Trinajstić information content (AvgIpc) is 3.45. The number of amides is 4. The van der Waals surface area contributed by atoms with Gasteiger partial charge in [-0.25, -0.2) is 4.98 Å². The highest BCUT2D eigenvalue weighted by Crippen LogP contribution is 2.65. The number of phenols is 1. The SMILES string of the molecule is O=C1C2CC=C3C(CC4C(=O)N(Nc5ncc(C(F)(F)F)cc5Cl)C(=O)C4(c4ccc(Cl)cc4)C3c3c(O)ccc4ccccc34)C2C(=O)N1O. The van der Waals surface area contributed by atoms with Gasteiger partial charge in [0.1, 0.15) is 5.75 Å². The molecule has 6 atom stereocenters. The fourth-order valence-corrected chi connectivity index (χ4v) is 9.00. The minimum Gasteiger partial charge on any atom is -0.508 e. The van der Waals surface area contributed by atoms with Crippen LogP contribution in [0, 0.1) is 23.7 Å². The predicted molar refractivity (Wildman–Crippen MR) is 176 cm³/mol. The number of aromatic hydroxyl groups is 1. The summed E-state index contributed by atoms with van der Waals surface area (Å²) in [6.45, 7) is 0. The molecule has 1 saturated carbocycles. The van der Waals surface area contributed by atoms with Crippen LogP contribution in [0.3, 0.4) is 0 Å². The van der Waals surface area contributed by atoms with Gasteiger partial charge in [0, 0.05) is 22.7 Å². The normalized spacial score (nSPS) is 27.4. The molecule has 2 aliphatic carbocycles. The number of carbonyl (C=O) groups is 4. The summed E-state index contributed by atoms with van der Waals surface area (Å²) in [6, 6.07) is 17.2. The molecule has 4 aliphatic rings. The van der Waals surface area contributed by atoms with Crippen molar-refractivity contribution in [3.05, 3.63) is 111 Å². The third-order valence-corrected chi connectivity index (χ3v) is 11.3. The number of imide groups is 2. The molecular weight excluding hydrogens is 712 g/mol. The average molecular weight is 738 g/mol. The Bertz CT molecular complexity index is 2230. The number of hydroxylamine groups is 2. The van der Waals surface area contributed by atoms with Crippen LogP contribution in [0.25, 0.3) is 10.8 Å². The van der Waals surface area contributed by atoms with Gasteiger partial charge in [-0.05, 0) is 59.4 Å². The van der Waals surface area contributed by atoms with Gasteiger partial charge in [0.2, 0.25) is 0 Å². The number of anilines is 1. The van der Waals surface area contributed by atoms with Crippen LogP contribution >= 0.6 is 23.2 Å². The van der Waals surface area contributed by atoms with Gasteiger partial charge in [-0.1, -0.05) is 77.3 Å². The van der Waals surface area contributed by atoms with E-state index in [4.69, 9.17) is 23.2 Å². The number of aromatic nitrogens is 1. The molecule has 2 aliphatic heterocycles. The monoisotopic (exact) mass is 736 g/mol. The van der Waals surface area contributed by atoms with Gasteiger partial charge >= 0.3 is 6.18 Å². The van der Waals surface area contributed by atoms with Crippen LogP contribution < -0.4 is 5.43 Å². The molecule has 3 heterocycles. The minimum absolute atomic E-state index is 0.0384. The fraction of sp³-hybridized carbons (Fsp3) is 0.250. The second-order valence-corrected chi connectivity index (χ2v) is 14.0. The summed E-state index contributed by atoms with van der Waals surface area (Å²) in [6.07, 6.45) is -2.60. The van der Waals surface area contributed by atoms with Gasteiger partial charge in [-0.3, -0.25) is 29.8 Å². The molecule has 260 valence electrons. The van der Waals surface area contributed by atoms with Crippen LogP contribution in [0.15, 0.2) is 84.6 Å². The van der Waals surface area contributed by atoms with Crippen LogP contribution in [0.4, 0.5) is 19.0 Å². The number of hydrazine groups is 1. The van der Waals surface area contributed by atoms with Crippen molar-refractivity contribution in [3.63, 3.8) is 0 Å². The zero-order valence-electron chi connectivity index (χ0n) is 26.1. The number of fused-ring (bicyclic) bond motifs is 5. The number of allylic oxidation sites excluding steroid dienone is 2. The third-order valence-electron chi connectivity index (χ3n) is 10.8. The van der Waals surface area contributed by atoms with Crippen LogP contribution in [0.5, 0.6) is 5.75 Å². The number of nitrogens with one attached hydrogen (secondary N) is 1. The van der Waals surface area contributed by atoms with Crippen LogP contribution in [0.1, 0.15) is 35.4 Å². The van der Waals surface area contributed by atoms with E-state index in [1.165, 1.54) is 6.07 Å². The van der Waals surface area contributed by atoms with Crippen molar-refractivity contribution in [3.8, 4) is 5.75 Å². The Hall–Kier alpha value is -4.98. The Morgan fingerprint density at radius 3 is 2.35 bits per heavy atom. The van der Waals surface area contributed by atoms with Gasteiger partial charge in [-0.15, -0.1) is 0 Å². The Balaban J connectivity index is 1.39. The fourth-order valence-electron chi connectivity index (χ4n) is 8.67. The first kappa shape index (κ1) is 33.2. The van der Waals surface area contributed by atoms with E-state index >= 15 is 4.79 Å². The van der Waals surface area contributed by atoms with Crippen molar-refractivity contribution in [2.24, 2.45) is 23.7 Å². The molecular formula is C36H25Cl2F3N4O6. The van der Waals surface area contributed by atoms with E-state index < -0.39 is 81.2 Å². The number of pyridine rings is 1. The molecule has 0 radical (unpaired) electrons.